The summed E-state index contributed by atoms with van der Waals surface area (Å²) in [6.07, 6.45) is 4.97. The van der Waals surface area contributed by atoms with E-state index in [1.165, 1.54) is 0 Å². The number of hydrogen-bond donors (Lipinski definition) is 0. The lowest BCUT2D eigenvalue weighted by atomic mass is 10.2. The first-order chi connectivity index (χ1) is 8.63. The molecule has 0 fully saturated rings. The zero-order valence-corrected chi connectivity index (χ0v) is 10.6. The molecule has 0 bridgehead atoms. The lowest BCUT2D eigenvalue weighted by Gasteiger charge is -2.20. The van der Waals surface area contributed by atoms with E-state index in [1.54, 1.807) is 19.5 Å². The van der Waals surface area contributed by atoms with E-state index in [0.717, 1.165) is 11.8 Å². The van der Waals surface area contributed by atoms with Crippen LogP contribution >= 0.6 is 0 Å². The molecule has 6 heteroatoms. The molecule has 0 aromatic carbocycles. The summed E-state index contributed by atoms with van der Waals surface area (Å²) in [5.74, 6) is 0. The molecule has 1 aromatic rings. The second kappa shape index (κ2) is 7.39. The van der Waals surface area contributed by atoms with Crippen molar-refractivity contribution >= 4 is 0 Å². The van der Waals surface area contributed by atoms with Crippen LogP contribution in [0.4, 0.5) is 0 Å². The number of pyridine rings is 1. The molecule has 0 aliphatic rings. The number of nitro groups is 1. The van der Waals surface area contributed by atoms with Gasteiger partial charge in [0.1, 0.15) is 0 Å². The predicted octanol–water partition coefficient (Wildman–Crippen LogP) is 1.67. The first-order valence-corrected chi connectivity index (χ1v) is 5.56. The Morgan fingerprint density at radius 1 is 1.67 bits per heavy atom. The number of hydrogen-bond acceptors (Lipinski definition) is 5. The average molecular weight is 251 g/mol. The van der Waals surface area contributed by atoms with Crippen molar-refractivity contribution in [3.05, 3.63) is 52.1 Å². The Balaban J connectivity index is 2.70. The Hall–Kier alpha value is -1.95. The lowest BCUT2D eigenvalue weighted by molar-refractivity contribution is -0.404. The number of rotatable bonds is 7. The van der Waals surface area contributed by atoms with Crippen LogP contribution in [0.3, 0.4) is 0 Å². The van der Waals surface area contributed by atoms with Crippen LogP contribution in [0.15, 0.2) is 36.4 Å². The Bertz CT molecular complexity index is 406. The van der Waals surface area contributed by atoms with E-state index in [1.807, 2.05) is 24.1 Å². The molecule has 0 radical (unpaired) electrons. The molecule has 0 saturated carbocycles. The van der Waals surface area contributed by atoms with Crippen LogP contribution in [0.5, 0.6) is 0 Å². The molecule has 18 heavy (non-hydrogen) atoms. The molecular formula is C12H17N3O3. The molecule has 0 saturated heterocycles. The second-order valence-electron chi connectivity index (χ2n) is 3.87. The highest BCUT2D eigenvalue weighted by Gasteiger charge is 2.09. The van der Waals surface area contributed by atoms with E-state index in [4.69, 9.17) is 4.74 Å². The Morgan fingerprint density at radius 3 is 3.00 bits per heavy atom. The minimum absolute atomic E-state index is 0.440. The van der Waals surface area contributed by atoms with Crippen molar-refractivity contribution in [3.63, 3.8) is 0 Å². The van der Waals surface area contributed by atoms with Gasteiger partial charge in [-0.1, -0.05) is 6.07 Å². The normalized spacial score (nSPS) is 11.3. The monoisotopic (exact) mass is 251 g/mol. The maximum absolute atomic E-state index is 10.6. The summed E-state index contributed by atoms with van der Waals surface area (Å²) in [7, 11) is 3.39. The van der Waals surface area contributed by atoms with Crippen LogP contribution in [0.25, 0.3) is 0 Å². The molecule has 1 heterocycles. The molecule has 6 nitrogen and oxygen atoms in total. The van der Waals surface area contributed by atoms with E-state index in [9.17, 15) is 10.1 Å². The van der Waals surface area contributed by atoms with Gasteiger partial charge in [0.15, 0.2) is 0 Å². The highest BCUT2D eigenvalue weighted by Crippen LogP contribution is 2.11. The van der Waals surface area contributed by atoms with E-state index in [0.29, 0.717) is 25.3 Å². The predicted molar refractivity (Wildman–Crippen MR) is 67.3 cm³/mol. The van der Waals surface area contributed by atoms with Crippen LogP contribution in [-0.2, 0) is 11.3 Å². The molecule has 0 aliphatic carbocycles. The number of nitrogens with zero attached hydrogens (tertiary/aromatic N) is 3. The van der Waals surface area contributed by atoms with Gasteiger partial charge in [-0.2, -0.15) is 0 Å². The van der Waals surface area contributed by atoms with E-state index < -0.39 is 4.92 Å². The van der Waals surface area contributed by atoms with Crippen LogP contribution in [-0.4, -0.2) is 35.6 Å². The fourth-order valence-corrected chi connectivity index (χ4v) is 1.55. The number of methoxy groups -OCH3 is 1. The standard InChI is InChI=1S/C12H17N3O3/c1-14(9-11-4-3-6-13-8-11)12(5-7-18-2)10-15(16)17/h3-4,6,8,10H,5,7,9H2,1-2H3/b12-10+. The third-order valence-electron chi connectivity index (χ3n) is 2.45. The van der Waals surface area contributed by atoms with Crippen molar-refractivity contribution in [2.75, 3.05) is 20.8 Å². The van der Waals surface area contributed by atoms with Crippen molar-refractivity contribution in [1.82, 2.24) is 9.88 Å². The zero-order chi connectivity index (χ0) is 13.4. The summed E-state index contributed by atoms with van der Waals surface area (Å²) < 4.78 is 4.95. The van der Waals surface area contributed by atoms with Gasteiger partial charge >= 0.3 is 0 Å². The van der Waals surface area contributed by atoms with Crippen LogP contribution < -0.4 is 0 Å². The first kappa shape index (κ1) is 14.1. The summed E-state index contributed by atoms with van der Waals surface area (Å²) in [4.78, 5) is 16.0. The van der Waals surface area contributed by atoms with Crippen LogP contribution in [0.2, 0.25) is 0 Å². The summed E-state index contributed by atoms with van der Waals surface area (Å²) in [5, 5.41) is 10.6. The van der Waals surface area contributed by atoms with Gasteiger partial charge in [0.05, 0.1) is 17.2 Å². The summed E-state index contributed by atoms with van der Waals surface area (Å²) in [6, 6.07) is 3.78. The van der Waals surface area contributed by atoms with Gasteiger partial charge in [0.2, 0.25) is 0 Å². The van der Waals surface area contributed by atoms with Gasteiger partial charge in [-0.25, -0.2) is 0 Å². The molecule has 1 aromatic heterocycles. The molecule has 0 spiro atoms. The van der Waals surface area contributed by atoms with Gasteiger partial charge in [0.25, 0.3) is 6.20 Å². The fraction of sp³-hybridized carbons (Fsp3) is 0.417. The van der Waals surface area contributed by atoms with E-state index in [2.05, 4.69) is 4.98 Å². The fourth-order valence-electron chi connectivity index (χ4n) is 1.55. The molecule has 98 valence electrons. The quantitative estimate of drug-likeness (QED) is 0.544. The SMILES string of the molecule is COCC/C(=C\[N+](=O)[O-])N(C)Cc1cccnc1. The average Bonchev–Trinajstić information content (AvgIpc) is 2.35. The summed E-state index contributed by atoms with van der Waals surface area (Å²) in [5.41, 5.74) is 1.64. The third kappa shape index (κ3) is 4.92. The number of ether oxygens (including phenoxy) is 1. The number of aromatic nitrogens is 1. The molecule has 0 atom stereocenters. The summed E-state index contributed by atoms with van der Waals surface area (Å²) in [6.45, 7) is 1.04. The molecule has 0 unspecified atom stereocenters. The van der Waals surface area contributed by atoms with Crippen molar-refractivity contribution < 1.29 is 9.66 Å². The Labute approximate surface area is 106 Å². The van der Waals surface area contributed by atoms with Gasteiger partial charge in [-0.3, -0.25) is 15.1 Å². The smallest absolute Gasteiger partial charge is 0.253 e. The van der Waals surface area contributed by atoms with Crippen LogP contribution in [0, 0.1) is 10.1 Å². The van der Waals surface area contributed by atoms with Crippen molar-refractivity contribution in [2.45, 2.75) is 13.0 Å². The minimum atomic E-state index is -0.440. The van der Waals surface area contributed by atoms with Gasteiger partial charge < -0.3 is 9.64 Å². The Kier molecular flexibility index (Phi) is 5.79. The highest BCUT2D eigenvalue weighted by molar-refractivity contribution is 5.10. The zero-order valence-electron chi connectivity index (χ0n) is 10.6. The largest absolute Gasteiger partial charge is 0.384 e. The molecule has 1 rings (SSSR count). The van der Waals surface area contributed by atoms with Gasteiger partial charge in [0, 0.05) is 39.5 Å². The molecular weight excluding hydrogens is 234 g/mol. The maximum Gasteiger partial charge on any atom is 0.253 e. The summed E-state index contributed by atoms with van der Waals surface area (Å²) >= 11 is 0. The topological polar surface area (TPSA) is 68.5 Å². The van der Waals surface area contributed by atoms with Gasteiger partial charge in [-0.05, 0) is 11.6 Å². The lowest BCUT2D eigenvalue weighted by Crippen LogP contribution is -2.19. The van der Waals surface area contributed by atoms with Crippen molar-refractivity contribution in [1.29, 1.82) is 0 Å². The maximum atomic E-state index is 10.6. The minimum Gasteiger partial charge on any atom is -0.384 e. The Morgan fingerprint density at radius 2 is 2.44 bits per heavy atom. The van der Waals surface area contributed by atoms with Crippen molar-refractivity contribution in [2.24, 2.45) is 0 Å². The second-order valence-corrected chi connectivity index (χ2v) is 3.87. The third-order valence-corrected chi connectivity index (χ3v) is 2.45. The molecule has 0 aliphatic heterocycles. The van der Waals surface area contributed by atoms with Crippen molar-refractivity contribution in [3.8, 4) is 0 Å². The highest BCUT2D eigenvalue weighted by atomic mass is 16.6. The van der Waals surface area contributed by atoms with E-state index >= 15 is 0 Å². The van der Waals surface area contributed by atoms with Crippen LogP contribution in [0.1, 0.15) is 12.0 Å². The van der Waals surface area contributed by atoms with E-state index in [-0.39, 0.29) is 0 Å². The van der Waals surface area contributed by atoms with Gasteiger partial charge in [-0.15, -0.1) is 0 Å². The first-order valence-electron chi connectivity index (χ1n) is 5.56. The molecule has 0 amide bonds. The molecule has 0 N–H and O–H groups in total.